The molecule has 0 aliphatic rings. The van der Waals surface area contributed by atoms with Crippen molar-refractivity contribution in [3.05, 3.63) is 36.5 Å². The van der Waals surface area contributed by atoms with E-state index in [1.807, 2.05) is 0 Å². The van der Waals surface area contributed by atoms with E-state index in [0.717, 1.165) is 38.5 Å². The molecule has 1 amide bonds. The van der Waals surface area contributed by atoms with Gasteiger partial charge in [0.15, 0.2) is 0 Å². The Labute approximate surface area is 336 Å². The number of allylic oxidation sites excluding steroid dienone is 5. The van der Waals surface area contributed by atoms with Gasteiger partial charge in [-0.15, -0.1) is 0 Å². The van der Waals surface area contributed by atoms with Gasteiger partial charge in [0.2, 0.25) is 5.91 Å². The van der Waals surface area contributed by atoms with Gasteiger partial charge in [-0.25, -0.2) is 0 Å². The average molecular weight is 780 g/mol. The highest BCUT2D eigenvalue weighted by molar-refractivity contribution is 7.85. The third-order valence-corrected chi connectivity index (χ3v) is 11.3. The molecule has 2 unspecified atom stereocenters. The van der Waals surface area contributed by atoms with Crippen molar-refractivity contribution in [3.8, 4) is 0 Å². The summed E-state index contributed by atoms with van der Waals surface area (Å²) in [6, 6.07) is -1.08. The van der Waals surface area contributed by atoms with Gasteiger partial charge in [0.1, 0.15) is 0 Å². The first kappa shape index (κ1) is 52.6. The lowest BCUT2D eigenvalue weighted by atomic mass is 10.0. The van der Waals surface area contributed by atoms with E-state index in [1.165, 1.54) is 179 Å². The van der Waals surface area contributed by atoms with Gasteiger partial charge >= 0.3 is 0 Å². The zero-order valence-electron chi connectivity index (χ0n) is 35.6. The van der Waals surface area contributed by atoms with Gasteiger partial charge in [0, 0.05) is 6.42 Å². The number of aliphatic hydroxyl groups excluding tert-OH is 1. The molecule has 0 aromatic heterocycles. The van der Waals surface area contributed by atoms with Crippen molar-refractivity contribution in [1.82, 2.24) is 5.32 Å². The van der Waals surface area contributed by atoms with Crippen molar-refractivity contribution in [3.63, 3.8) is 0 Å². The Balaban J connectivity index is 3.88. The average Bonchev–Trinajstić information content (AvgIpc) is 3.14. The van der Waals surface area contributed by atoms with Gasteiger partial charge in [0.25, 0.3) is 10.1 Å². The van der Waals surface area contributed by atoms with Gasteiger partial charge < -0.3 is 10.4 Å². The molecule has 0 fully saturated rings. The van der Waals surface area contributed by atoms with Crippen LogP contribution in [0.15, 0.2) is 36.5 Å². The molecule has 0 aliphatic carbocycles. The molecular weight excluding hydrogens is 691 g/mol. The van der Waals surface area contributed by atoms with Crippen LogP contribution in [0, 0.1) is 0 Å². The zero-order valence-corrected chi connectivity index (χ0v) is 36.4. The lowest BCUT2D eigenvalue weighted by molar-refractivity contribution is -0.122. The quantitative estimate of drug-likeness (QED) is 0.0325. The largest absolute Gasteiger partial charge is 0.387 e. The van der Waals surface area contributed by atoms with Crippen LogP contribution >= 0.6 is 0 Å². The number of nitrogens with one attached hydrogen (secondary N) is 1. The summed E-state index contributed by atoms with van der Waals surface area (Å²) in [6.45, 7) is 4.54. The Kier molecular flexibility index (Phi) is 40.1. The number of unbranched alkanes of at least 4 members (excludes halogenated alkanes) is 30. The molecule has 2 atom stereocenters. The van der Waals surface area contributed by atoms with Crippen molar-refractivity contribution >= 4 is 16.0 Å². The standard InChI is InChI=1S/C47H89NO5S/c1-3-5-7-9-11-13-15-17-19-21-23-24-25-27-29-31-33-35-37-39-41-43-47(50)48-45(44-54(51,52)53)46(49)42-40-38-36-34-32-30-28-26-22-20-18-16-14-12-10-8-6-4-2/h22,26,32,34,40,42,45-46,49H,3-21,23-25,27-31,33,35-39,41,43-44H2,1-2H3,(H,48,50)(H,51,52,53)/b26-22+,34-32+,42-40+. The van der Waals surface area contributed by atoms with E-state index in [2.05, 4.69) is 43.5 Å². The Morgan fingerprint density at radius 1 is 0.481 bits per heavy atom. The van der Waals surface area contributed by atoms with Crippen LogP contribution in [-0.4, -0.2) is 41.9 Å². The number of aliphatic hydroxyl groups is 1. The summed E-state index contributed by atoms with van der Waals surface area (Å²) in [5.74, 6) is -1.00. The Bertz CT molecular complexity index is 992. The highest BCUT2D eigenvalue weighted by Crippen LogP contribution is 2.16. The second-order valence-corrected chi connectivity index (χ2v) is 17.5. The fourth-order valence-corrected chi connectivity index (χ4v) is 7.81. The molecule has 0 heterocycles. The molecule has 54 heavy (non-hydrogen) atoms. The van der Waals surface area contributed by atoms with Crippen LogP contribution in [-0.2, 0) is 14.9 Å². The predicted molar refractivity (Wildman–Crippen MR) is 235 cm³/mol. The summed E-state index contributed by atoms with van der Waals surface area (Å²) in [6.07, 6.45) is 54.3. The summed E-state index contributed by atoms with van der Waals surface area (Å²) >= 11 is 0. The van der Waals surface area contributed by atoms with Crippen LogP contribution in [0.5, 0.6) is 0 Å². The molecule has 0 saturated heterocycles. The first-order chi connectivity index (χ1) is 26.3. The zero-order chi connectivity index (χ0) is 39.6. The highest BCUT2D eigenvalue weighted by Gasteiger charge is 2.24. The third kappa shape index (κ3) is 41.7. The molecule has 0 aromatic rings. The van der Waals surface area contributed by atoms with E-state index in [0.29, 0.717) is 6.42 Å². The molecule has 0 saturated carbocycles. The Hall–Kier alpha value is -1.44. The van der Waals surface area contributed by atoms with Crippen molar-refractivity contribution in [2.75, 3.05) is 5.75 Å². The second kappa shape index (κ2) is 41.2. The van der Waals surface area contributed by atoms with E-state index in [1.54, 1.807) is 6.08 Å². The molecule has 6 nitrogen and oxygen atoms in total. The van der Waals surface area contributed by atoms with Crippen molar-refractivity contribution in [2.24, 2.45) is 0 Å². The fourth-order valence-electron chi connectivity index (χ4n) is 7.07. The molecule has 0 radical (unpaired) electrons. The minimum atomic E-state index is -4.36. The number of amides is 1. The number of carbonyl (C=O) groups is 1. The topological polar surface area (TPSA) is 104 Å². The Morgan fingerprint density at radius 2 is 0.796 bits per heavy atom. The van der Waals surface area contributed by atoms with E-state index in [-0.39, 0.29) is 12.3 Å². The van der Waals surface area contributed by atoms with E-state index >= 15 is 0 Å². The predicted octanol–water partition coefficient (Wildman–Crippen LogP) is 14.1. The van der Waals surface area contributed by atoms with E-state index < -0.39 is 28.0 Å². The first-order valence-corrected chi connectivity index (χ1v) is 24.8. The van der Waals surface area contributed by atoms with Crippen LogP contribution in [0.3, 0.4) is 0 Å². The molecule has 318 valence electrons. The summed E-state index contributed by atoms with van der Waals surface area (Å²) in [5.41, 5.74) is 0. The van der Waals surface area contributed by atoms with Crippen LogP contribution in [0.1, 0.15) is 239 Å². The smallest absolute Gasteiger partial charge is 0.267 e. The monoisotopic (exact) mass is 780 g/mol. The molecule has 0 bridgehead atoms. The SMILES string of the molecule is CCCCCCCCCC/C=C/CC/C=C/CC/C=C/C(O)C(CS(=O)(=O)O)NC(=O)CCCCCCCCCCCCCCCCCCCCCCC. The summed E-state index contributed by atoms with van der Waals surface area (Å²) < 4.78 is 32.6. The lowest BCUT2D eigenvalue weighted by Crippen LogP contribution is -2.46. The number of carbonyl (C=O) groups excluding carboxylic acids is 1. The molecule has 3 N–H and O–H groups in total. The number of hydrogen-bond acceptors (Lipinski definition) is 4. The molecular formula is C47H89NO5S. The Morgan fingerprint density at radius 3 is 1.17 bits per heavy atom. The van der Waals surface area contributed by atoms with Gasteiger partial charge in [-0.05, 0) is 44.9 Å². The summed E-state index contributed by atoms with van der Waals surface area (Å²) in [5, 5.41) is 13.2. The summed E-state index contributed by atoms with van der Waals surface area (Å²) in [7, 11) is -4.36. The highest BCUT2D eigenvalue weighted by atomic mass is 32.2. The number of rotatable bonds is 42. The van der Waals surface area contributed by atoms with Crippen LogP contribution < -0.4 is 5.32 Å². The molecule has 7 heteroatoms. The van der Waals surface area contributed by atoms with Crippen molar-refractivity contribution < 1.29 is 22.9 Å². The maximum Gasteiger partial charge on any atom is 0.267 e. The van der Waals surface area contributed by atoms with Gasteiger partial charge in [-0.3, -0.25) is 9.35 Å². The van der Waals surface area contributed by atoms with Crippen LogP contribution in [0.25, 0.3) is 0 Å². The van der Waals surface area contributed by atoms with Gasteiger partial charge in [0.05, 0.1) is 17.9 Å². The lowest BCUT2D eigenvalue weighted by Gasteiger charge is -2.21. The molecule has 0 aromatic carbocycles. The fraction of sp³-hybridized carbons (Fsp3) is 0.851. The maximum atomic E-state index is 12.5. The van der Waals surface area contributed by atoms with Gasteiger partial charge in [-0.1, -0.05) is 224 Å². The van der Waals surface area contributed by atoms with Crippen LogP contribution in [0.4, 0.5) is 0 Å². The van der Waals surface area contributed by atoms with Crippen LogP contribution in [0.2, 0.25) is 0 Å². The van der Waals surface area contributed by atoms with E-state index in [9.17, 15) is 22.9 Å². The number of hydrogen-bond donors (Lipinski definition) is 3. The molecule has 0 aliphatic heterocycles. The third-order valence-electron chi connectivity index (χ3n) is 10.5. The van der Waals surface area contributed by atoms with Crippen molar-refractivity contribution in [1.29, 1.82) is 0 Å². The first-order valence-electron chi connectivity index (χ1n) is 23.2. The van der Waals surface area contributed by atoms with Crippen molar-refractivity contribution in [2.45, 2.75) is 251 Å². The molecule has 0 rings (SSSR count). The molecule has 0 spiro atoms. The summed E-state index contributed by atoms with van der Waals surface area (Å²) in [4.78, 5) is 12.5. The van der Waals surface area contributed by atoms with E-state index in [4.69, 9.17) is 0 Å². The minimum absolute atomic E-state index is 0.288. The minimum Gasteiger partial charge on any atom is -0.387 e. The van der Waals surface area contributed by atoms with Gasteiger partial charge in [-0.2, -0.15) is 8.42 Å². The maximum absolute atomic E-state index is 12.5. The normalized spacial score (nSPS) is 13.5. The second-order valence-electron chi connectivity index (χ2n) is 16.0.